The third-order valence-electron chi connectivity index (χ3n) is 5.25. The van der Waals surface area contributed by atoms with E-state index in [4.69, 9.17) is 9.47 Å². The highest BCUT2D eigenvalue weighted by Gasteiger charge is 2.41. The molecule has 2 aromatic rings. The second kappa shape index (κ2) is 7.44. The van der Waals surface area contributed by atoms with E-state index in [0.717, 1.165) is 54.3 Å². The summed E-state index contributed by atoms with van der Waals surface area (Å²) in [5.74, 6) is 0.804. The number of hydrogen-bond donors (Lipinski definition) is 1. The average molecular weight is 341 g/mol. The van der Waals surface area contributed by atoms with Gasteiger partial charge in [0.25, 0.3) is 5.91 Å². The normalized spacial score (nSPS) is 17.4. The third kappa shape index (κ3) is 3.49. The van der Waals surface area contributed by atoms with Gasteiger partial charge in [-0.2, -0.15) is 0 Å². The first-order chi connectivity index (χ1) is 12.1. The predicted molar refractivity (Wildman–Crippen MR) is 101 cm³/mol. The van der Waals surface area contributed by atoms with Crippen molar-refractivity contribution in [3.63, 3.8) is 0 Å². The van der Waals surface area contributed by atoms with Crippen molar-refractivity contribution < 1.29 is 14.3 Å². The van der Waals surface area contributed by atoms with Gasteiger partial charge in [-0.1, -0.05) is 31.2 Å². The molecule has 0 bridgehead atoms. The van der Waals surface area contributed by atoms with Crippen molar-refractivity contribution in [3.05, 3.63) is 36.4 Å². The van der Waals surface area contributed by atoms with E-state index in [0.29, 0.717) is 0 Å². The molecule has 1 atom stereocenters. The molecule has 1 N–H and O–H groups in total. The number of amides is 1. The van der Waals surface area contributed by atoms with E-state index >= 15 is 0 Å². The molecule has 0 unspecified atom stereocenters. The molecule has 0 radical (unpaired) electrons. The largest absolute Gasteiger partial charge is 0.490 e. The summed E-state index contributed by atoms with van der Waals surface area (Å²) in [4.78, 5) is 12.9. The fraction of sp³-hybridized carbons (Fsp3) is 0.476. The Balaban J connectivity index is 1.92. The number of anilines is 1. The van der Waals surface area contributed by atoms with Crippen LogP contribution in [0, 0.1) is 0 Å². The molecule has 1 saturated carbocycles. The lowest BCUT2D eigenvalue weighted by atomic mass is 10.00. The molecule has 1 amide bonds. The van der Waals surface area contributed by atoms with Crippen molar-refractivity contribution in [2.75, 3.05) is 12.4 Å². The van der Waals surface area contributed by atoms with Crippen LogP contribution < -0.4 is 10.1 Å². The fourth-order valence-electron chi connectivity index (χ4n) is 3.49. The van der Waals surface area contributed by atoms with Crippen LogP contribution in [0.15, 0.2) is 36.4 Å². The van der Waals surface area contributed by atoms with Crippen molar-refractivity contribution >= 4 is 22.4 Å². The lowest BCUT2D eigenvalue weighted by Gasteiger charge is -2.26. The summed E-state index contributed by atoms with van der Waals surface area (Å²) in [5, 5.41) is 5.09. The molecule has 0 saturated heterocycles. The van der Waals surface area contributed by atoms with Gasteiger partial charge in [0.1, 0.15) is 11.4 Å². The minimum Gasteiger partial charge on any atom is -0.490 e. The van der Waals surface area contributed by atoms with Crippen LogP contribution in [0.3, 0.4) is 0 Å². The number of hydrogen-bond acceptors (Lipinski definition) is 3. The van der Waals surface area contributed by atoms with E-state index < -0.39 is 5.60 Å². The molecule has 0 heterocycles. The number of methoxy groups -OCH3 is 1. The van der Waals surface area contributed by atoms with Crippen LogP contribution >= 0.6 is 0 Å². The van der Waals surface area contributed by atoms with E-state index in [1.54, 1.807) is 7.11 Å². The van der Waals surface area contributed by atoms with E-state index in [1.807, 2.05) is 36.4 Å². The first-order valence-corrected chi connectivity index (χ1v) is 9.14. The van der Waals surface area contributed by atoms with Crippen LogP contribution in [0.2, 0.25) is 0 Å². The molecular weight excluding hydrogens is 314 g/mol. The SMILES string of the molecule is CC[C@H](C)Oc1ccc(NC(=O)C2(OC)CCCC2)c2ccccc12. The smallest absolute Gasteiger partial charge is 0.256 e. The molecule has 1 fully saturated rings. The van der Waals surface area contributed by atoms with E-state index in [1.165, 1.54) is 0 Å². The Hall–Kier alpha value is -2.07. The third-order valence-corrected chi connectivity index (χ3v) is 5.25. The van der Waals surface area contributed by atoms with Gasteiger partial charge in [0.2, 0.25) is 0 Å². The van der Waals surface area contributed by atoms with Crippen LogP contribution in [0.25, 0.3) is 10.8 Å². The number of carbonyl (C=O) groups is 1. The van der Waals surface area contributed by atoms with Crippen LogP contribution in [0.4, 0.5) is 5.69 Å². The molecule has 4 heteroatoms. The van der Waals surface area contributed by atoms with Gasteiger partial charge < -0.3 is 14.8 Å². The Morgan fingerprint density at radius 3 is 2.48 bits per heavy atom. The number of nitrogens with one attached hydrogen (secondary N) is 1. The van der Waals surface area contributed by atoms with Gasteiger partial charge in [-0.15, -0.1) is 0 Å². The molecule has 1 aliphatic carbocycles. The Morgan fingerprint density at radius 2 is 1.84 bits per heavy atom. The lowest BCUT2D eigenvalue weighted by Crippen LogP contribution is -2.42. The highest BCUT2D eigenvalue weighted by Crippen LogP contribution is 2.36. The Labute approximate surface area is 149 Å². The quantitative estimate of drug-likeness (QED) is 0.811. The van der Waals surface area contributed by atoms with Crippen molar-refractivity contribution in [1.82, 2.24) is 0 Å². The summed E-state index contributed by atoms with van der Waals surface area (Å²) in [6.45, 7) is 4.17. The molecule has 0 spiro atoms. The summed E-state index contributed by atoms with van der Waals surface area (Å²) in [6.07, 6.45) is 4.72. The second-order valence-electron chi connectivity index (χ2n) is 6.85. The molecule has 4 nitrogen and oxygen atoms in total. The number of ether oxygens (including phenoxy) is 2. The topological polar surface area (TPSA) is 47.6 Å². The van der Waals surface area contributed by atoms with Crippen LogP contribution in [0.1, 0.15) is 46.0 Å². The standard InChI is InChI=1S/C21H27NO3/c1-4-15(2)25-19-12-11-18(16-9-5-6-10-17(16)19)22-20(23)21(24-3)13-7-8-14-21/h5-6,9-12,15H,4,7-8,13-14H2,1-3H3,(H,22,23)/t15-/m0/s1. The van der Waals surface area contributed by atoms with Gasteiger partial charge in [0.15, 0.2) is 0 Å². The minimum absolute atomic E-state index is 0.0479. The first-order valence-electron chi connectivity index (χ1n) is 9.14. The Morgan fingerprint density at radius 1 is 1.16 bits per heavy atom. The summed E-state index contributed by atoms with van der Waals surface area (Å²) in [7, 11) is 1.63. The number of fused-ring (bicyclic) bond motifs is 1. The monoisotopic (exact) mass is 341 g/mol. The van der Waals surface area contributed by atoms with Crippen molar-refractivity contribution in [2.24, 2.45) is 0 Å². The fourth-order valence-corrected chi connectivity index (χ4v) is 3.49. The van der Waals surface area contributed by atoms with E-state index in [2.05, 4.69) is 19.2 Å². The minimum atomic E-state index is -0.688. The Kier molecular flexibility index (Phi) is 5.28. The second-order valence-corrected chi connectivity index (χ2v) is 6.85. The van der Waals surface area contributed by atoms with Crippen molar-refractivity contribution in [3.8, 4) is 5.75 Å². The first kappa shape index (κ1) is 17.7. The molecule has 1 aliphatic rings. The van der Waals surface area contributed by atoms with Gasteiger partial charge in [-0.3, -0.25) is 4.79 Å². The maximum absolute atomic E-state index is 12.9. The average Bonchev–Trinajstić information content (AvgIpc) is 3.14. The molecule has 0 aliphatic heterocycles. The zero-order chi connectivity index (χ0) is 17.9. The summed E-state index contributed by atoms with van der Waals surface area (Å²) in [6, 6.07) is 11.9. The van der Waals surface area contributed by atoms with Gasteiger partial charge in [0.05, 0.1) is 6.10 Å². The van der Waals surface area contributed by atoms with Crippen molar-refractivity contribution in [1.29, 1.82) is 0 Å². The summed E-state index contributed by atoms with van der Waals surface area (Å²) >= 11 is 0. The number of benzene rings is 2. The zero-order valence-corrected chi connectivity index (χ0v) is 15.3. The van der Waals surface area contributed by atoms with Crippen LogP contribution in [-0.2, 0) is 9.53 Å². The molecule has 2 aromatic carbocycles. The molecule has 25 heavy (non-hydrogen) atoms. The predicted octanol–water partition coefficient (Wildman–Crippen LogP) is 4.91. The number of rotatable bonds is 6. The Bertz CT molecular complexity index is 750. The van der Waals surface area contributed by atoms with Gasteiger partial charge in [-0.05, 0) is 51.2 Å². The van der Waals surface area contributed by atoms with E-state index in [9.17, 15) is 4.79 Å². The maximum Gasteiger partial charge on any atom is 0.256 e. The van der Waals surface area contributed by atoms with Crippen LogP contribution in [-0.4, -0.2) is 24.7 Å². The highest BCUT2D eigenvalue weighted by molar-refractivity contribution is 6.06. The van der Waals surface area contributed by atoms with Gasteiger partial charge in [-0.25, -0.2) is 0 Å². The highest BCUT2D eigenvalue weighted by atomic mass is 16.5. The summed E-state index contributed by atoms with van der Waals surface area (Å²) in [5.41, 5.74) is 0.118. The summed E-state index contributed by atoms with van der Waals surface area (Å²) < 4.78 is 11.6. The molecular formula is C21H27NO3. The van der Waals surface area contributed by atoms with E-state index in [-0.39, 0.29) is 12.0 Å². The van der Waals surface area contributed by atoms with Gasteiger partial charge >= 0.3 is 0 Å². The van der Waals surface area contributed by atoms with Gasteiger partial charge in [0, 0.05) is 23.6 Å². The lowest BCUT2D eigenvalue weighted by molar-refractivity contribution is -0.136. The number of carbonyl (C=O) groups excluding carboxylic acids is 1. The molecule has 0 aromatic heterocycles. The van der Waals surface area contributed by atoms with Crippen molar-refractivity contribution in [2.45, 2.75) is 57.7 Å². The molecule has 134 valence electrons. The zero-order valence-electron chi connectivity index (χ0n) is 15.3. The van der Waals surface area contributed by atoms with Crippen LogP contribution in [0.5, 0.6) is 5.75 Å². The maximum atomic E-state index is 12.9. The molecule has 3 rings (SSSR count).